The van der Waals surface area contributed by atoms with E-state index in [4.69, 9.17) is 0 Å². The molecule has 0 aromatic heterocycles. The first-order chi connectivity index (χ1) is 21.1. The second-order valence-corrected chi connectivity index (χ2v) is 9.99. The number of hydrogen-bond acceptors (Lipinski definition) is 9. The van der Waals surface area contributed by atoms with Gasteiger partial charge in [-0.05, 0) is 56.9 Å². The van der Waals surface area contributed by atoms with E-state index in [1.807, 2.05) is 0 Å². The number of ketones is 1. The molecule has 0 atom stereocenters. The molecule has 44 heavy (non-hydrogen) atoms. The SMILES string of the molecule is O=C(c1ccc2ccccc2c1-c1cc(O)c(O)c([N+](=O)[O-])c1)c1ccc2ccccc2c1-c1cc(O)c(O)c([N+](=O)[O-])c1. The van der Waals surface area contributed by atoms with E-state index in [2.05, 4.69) is 0 Å². The maximum absolute atomic E-state index is 14.6. The molecule has 0 fully saturated rings. The third-order valence-electron chi connectivity index (χ3n) is 7.46. The highest BCUT2D eigenvalue weighted by molar-refractivity contribution is 6.22. The van der Waals surface area contributed by atoms with Crippen LogP contribution in [-0.4, -0.2) is 36.1 Å². The monoisotopic (exact) mass is 588 g/mol. The fourth-order valence-electron chi connectivity index (χ4n) is 5.46. The number of benzene rings is 6. The molecule has 11 nitrogen and oxygen atoms in total. The molecule has 6 rings (SSSR count). The van der Waals surface area contributed by atoms with Gasteiger partial charge >= 0.3 is 11.4 Å². The van der Waals surface area contributed by atoms with Crippen molar-refractivity contribution in [2.24, 2.45) is 0 Å². The Bertz CT molecular complexity index is 2050. The first kappa shape index (κ1) is 27.7. The highest BCUT2D eigenvalue weighted by Crippen LogP contribution is 2.45. The zero-order valence-electron chi connectivity index (χ0n) is 22.5. The summed E-state index contributed by atoms with van der Waals surface area (Å²) >= 11 is 0. The predicted molar refractivity (Wildman–Crippen MR) is 162 cm³/mol. The molecule has 0 amide bonds. The number of aromatic hydroxyl groups is 4. The van der Waals surface area contributed by atoms with Crippen LogP contribution < -0.4 is 0 Å². The minimum absolute atomic E-state index is 0.0807. The average molecular weight is 589 g/mol. The van der Waals surface area contributed by atoms with Crippen LogP contribution in [0.25, 0.3) is 43.8 Å². The Morgan fingerprint density at radius 3 is 1.32 bits per heavy atom. The lowest BCUT2D eigenvalue weighted by Crippen LogP contribution is -2.07. The number of phenols is 4. The Kier molecular flexibility index (Phi) is 6.54. The number of carbonyl (C=O) groups is 1. The van der Waals surface area contributed by atoms with Crippen molar-refractivity contribution in [3.63, 3.8) is 0 Å². The molecule has 6 aromatic rings. The van der Waals surface area contributed by atoms with Gasteiger partial charge in [-0.3, -0.25) is 25.0 Å². The molecule has 11 heteroatoms. The Hall–Kier alpha value is -6.49. The molecule has 0 unspecified atom stereocenters. The van der Waals surface area contributed by atoms with Crippen LogP contribution in [0.4, 0.5) is 11.4 Å². The zero-order chi connectivity index (χ0) is 31.3. The summed E-state index contributed by atoms with van der Waals surface area (Å²) in [5.74, 6) is -3.91. The van der Waals surface area contributed by atoms with Crippen LogP contribution >= 0.6 is 0 Å². The van der Waals surface area contributed by atoms with Crippen molar-refractivity contribution in [2.45, 2.75) is 0 Å². The molecule has 0 saturated heterocycles. The summed E-state index contributed by atoms with van der Waals surface area (Å²) in [5.41, 5.74) is -0.696. The molecule has 0 aliphatic rings. The van der Waals surface area contributed by atoms with E-state index in [-0.39, 0.29) is 33.4 Å². The molecular weight excluding hydrogens is 568 g/mol. The van der Waals surface area contributed by atoms with E-state index in [9.17, 15) is 45.4 Å². The second-order valence-electron chi connectivity index (χ2n) is 9.99. The molecule has 0 heterocycles. The van der Waals surface area contributed by atoms with Crippen LogP contribution in [0, 0.1) is 20.2 Å². The standard InChI is InChI=1S/C33H20N2O9/c36-27-15-19(13-25(32(27)39)34(41)42)29-21-7-3-1-5-17(21)9-11-23(29)31(38)24-12-10-18-6-2-4-8-22(18)30(24)20-14-26(35(43)44)33(40)28(37)16-20/h1-16,36-37,39-40H. The largest absolute Gasteiger partial charge is 0.504 e. The van der Waals surface area contributed by atoms with Crippen molar-refractivity contribution in [3.05, 3.63) is 128 Å². The summed E-state index contributed by atoms with van der Waals surface area (Å²) in [4.78, 5) is 36.3. The number of hydrogen-bond donors (Lipinski definition) is 4. The molecule has 0 spiro atoms. The zero-order valence-corrected chi connectivity index (χ0v) is 22.5. The quantitative estimate of drug-likeness (QED) is 0.0676. The normalized spacial score (nSPS) is 11.1. The summed E-state index contributed by atoms with van der Waals surface area (Å²) < 4.78 is 0. The molecule has 0 bridgehead atoms. The number of nitro benzene ring substituents is 2. The molecule has 0 aliphatic heterocycles. The van der Waals surface area contributed by atoms with E-state index in [0.717, 1.165) is 24.3 Å². The van der Waals surface area contributed by atoms with Gasteiger partial charge in [0.25, 0.3) is 0 Å². The Morgan fingerprint density at radius 1 is 0.545 bits per heavy atom. The van der Waals surface area contributed by atoms with Crippen LogP contribution in [0.2, 0.25) is 0 Å². The van der Waals surface area contributed by atoms with Gasteiger partial charge in [-0.2, -0.15) is 0 Å². The van der Waals surface area contributed by atoms with E-state index in [0.29, 0.717) is 21.5 Å². The van der Waals surface area contributed by atoms with Crippen molar-refractivity contribution in [2.75, 3.05) is 0 Å². The van der Waals surface area contributed by atoms with Gasteiger partial charge in [-0.1, -0.05) is 60.7 Å². The van der Waals surface area contributed by atoms with Gasteiger partial charge in [0.05, 0.1) is 9.85 Å². The van der Waals surface area contributed by atoms with E-state index in [1.54, 1.807) is 60.7 Å². The molecule has 0 aliphatic carbocycles. The number of carbonyl (C=O) groups excluding carboxylic acids is 1. The summed E-state index contributed by atoms with van der Waals surface area (Å²) in [7, 11) is 0. The molecule has 0 saturated carbocycles. The van der Waals surface area contributed by atoms with Gasteiger partial charge in [-0.15, -0.1) is 0 Å². The molecular formula is C33H20N2O9. The van der Waals surface area contributed by atoms with Gasteiger partial charge in [0.1, 0.15) is 0 Å². The van der Waals surface area contributed by atoms with Gasteiger partial charge < -0.3 is 20.4 Å². The number of nitrogens with zero attached hydrogens (tertiary/aromatic N) is 2. The topological polar surface area (TPSA) is 184 Å². The minimum Gasteiger partial charge on any atom is -0.504 e. The van der Waals surface area contributed by atoms with E-state index >= 15 is 0 Å². The number of rotatable bonds is 6. The van der Waals surface area contributed by atoms with Crippen LogP contribution in [0.15, 0.2) is 97.1 Å². The van der Waals surface area contributed by atoms with Crippen LogP contribution in [0.1, 0.15) is 15.9 Å². The minimum atomic E-state index is -0.919. The fourth-order valence-corrected chi connectivity index (χ4v) is 5.46. The lowest BCUT2D eigenvalue weighted by molar-refractivity contribution is -0.386. The summed E-state index contributed by atoms with van der Waals surface area (Å²) in [6, 6.07) is 24.8. The highest BCUT2D eigenvalue weighted by Gasteiger charge is 2.27. The van der Waals surface area contributed by atoms with Crippen molar-refractivity contribution in [1.29, 1.82) is 0 Å². The average Bonchev–Trinajstić information content (AvgIpc) is 3.01. The Morgan fingerprint density at radius 2 is 0.932 bits per heavy atom. The lowest BCUT2D eigenvalue weighted by atomic mass is 9.85. The summed E-state index contributed by atoms with van der Waals surface area (Å²) in [5, 5.41) is 66.9. The number of phenolic OH excluding ortho intramolecular Hbond substituents is 4. The molecule has 6 aromatic carbocycles. The third kappa shape index (κ3) is 4.45. The van der Waals surface area contributed by atoms with Crippen molar-refractivity contribution in [3.8, 4) is 45.3 Å². The maximum atomic E-state index is 14.6. The number of fused-ring (bicyclic) bond motifs is 2. The number of nitro groups is 2. The second kappa shape index (κ2) is 10.4. The third-order valence-corrected chi connectivity index (χ3v) is 7.46. The fraction of sp³-hybridized carbons (Fsp3) is 0. The van der Waals surface area contributed by atoms with E-state index < -0.39 is 50.0 Å². The van der Waals surface area contributed by atoms with Gasteiger partial charge in [0, 0.05) is 34.4 Å². The lowest BCUT2D eigenvalue weighted by Gasteiger charge is -2.17. The summed E-state index contributed by atoms with van der Waals surface area (Å²) in [6.07, 6.45) is 0. The smallest absolute Gasteiger partial charge is 0.315 e. The van der Waals surface area contributed by atoms with Crippen molar-refractivity contribution < 1.29 is 35.1 Å². The molecule has 216 valence electrons. The Labute approximate surface area is 247 Å². The molecule has 4 N–H and O–H groups in total. The van der Waals surface area contributed by atoms with Crippen molar-refractivity contribution in [1.82, 2.24) is 0 Å². The molecule has 0 radical (unpaired) electrons. The first-order valence-corrected chi connectivity index (χ1v) is 13.1. The van der Waals surface area contributed by atoms with Gasteiger partial charge in [-0.25, -0.2) is 0 Å². The van der Waals surface area contributed by atoms with Gasteiger partial charge in [0.15, 0.2) is 17.3 Å². The van der Waals surface area contributed by atoms with Gasteiger partial charge in [0.2, 0.25) is 11.5 Å². The maximum Gasteiger partial charge on any atom is 0.315 e. The predicted octanol–water partition coefficient (Wildman–Crippen LogP) is 7.20. The van der Waals surface area contributed by atoms with Crippen LogP contribution in [-0.2, 0) is 0 Å². The first-order valence-electron chi connectivity index (χ1n) is 13.1. The highest BCUT2D eigenvalue weighted by atomic mass is 16.6. The van der Waals surface area contributed by atoms with Crippen LogP contribution in [0.3, 0.4) is 0 Å². The Balaban J connectivity index is 1.68. The van der Waals surface area contributed by atoms with Crippen molar-refractivity contribution >= 4 is 38.7 Å². The van der Waals surface area contributed by atoms with Crippen LogP contribution in [0.5, 0.6) is 23.0 Å². The summed E-state index contributed by atoms with van der Waals surface area (Å²) in [6.45, 7) is 0. The van der Waals surface area contributed by atoms with E-state index in [1.165, 1.54) is 12.1 Å².